The van der Waals surface area contributed by atoms with Gasteiger partial charge in [0.15, 0.2) is 17.3 Å². The second-order valence-corrected chi connectivity index (χ2v) is 19.4. The third-order valence-corrected chi connectivity index (χ3v) is 11.8. The summed E-state index contributed by atoms with van der Waals surface area (Å²) in [5, 5.41) is 65.5. The lowest BCUT2D eigenvalue weighted by atomic mass is 9.91. The van der Waals surface area contributed by atoms with Gasteiger partial charge in [0.25, 0.3) is 0 Å². The Morgan fingerprint density at radius 1 is 0.618 bits per heavy atom. The molecule has 0 aliphatic carbocycles. The highest BCUT2D eigenvalue weighted by Gasteiger charge is 2.30. The van der Waals surface area contributed by atoms with Crippen molar-refractivity contribution in [3.05, 3.63) is 35.9 Å². The summed E-state index contributed by atoms with van der Waals surface area (Å²) in [6, 6.07) is 6.64. The molecule has 0 aromatic heterocycles. The van der Waals surface area contributed by atoms with Gasteiger partial charge in [-0.15, -0.1) is 0 Å². The van der Waals surface area contributed by atoms with E-state index in [1.807, 2.05) is 58.0 Å². The molecule has 0 fully saturated rings. The van der Waals surface area contributed by atoms with Gasteiger partial charge in [-0.05, 0) is 75.5 Å². The monoisotopic (exact) mass is 1000 g/mol. The number of Topliss-reactive ketones (excluding diaryl/α,β-unsaturated/α-hetero) is 3. The predicted molar refractivity (Wildman–Crippen MR) is 268 cm³/mol. The van der Waals surface area contributed by atoms with Crippen molar-refractivity contribution in [3.8, 4) is 0 Å². The zero-order valence-corrected chi connectivity index (χ0v) is 42.8. The fourth-order valence-electron chi connectivity index (χ4n) is 6.73. The highest BCUT2D eigenvalue weighted by atomic mass is 33.1. The van der Waals surface area contributed by atoms with Crippen LogP contribution < -0.4 is 43.0 Å². The van der Waals surface area contributed by atoms with Crippen molar-refractivity contribution in [3.63, 3.8) is 0 Å². The maximum absolute atomic E-state index is 13.6. The summed E-state index contributed by atoms with van der Waals surface area (Å²) in [5.41, 5.74) is 6.44. The molecule has 0 saturated heterocycles. The molecule has 0 unspecified atom stereocenters. The van der Waals surface area contributed by atoms with Gasteiger partial charge in [-0.25, -0.2) is 0 Å². The van der Waals surface area contributed by atoms with E-state index in [2.05, 4.69) is 49.7 Å². The largest absolute Gasteiger partial charge is 0.396 e. The fraction of sp³-hybridized carbons (Fsp3) is 0.717. The third kappa shape index (κ3) is 31.7. The number of aldehydes is 1. The molecule has 1 rings (SSSR count). The first-order valence-electron chi connectivity index (χ1n) is 23.1. The number of nitrogens with one attached hydrogen (secondary N) is 7. The summed E-state index contributed by atoms with van der Waals surface area (Å²) in [4.78, 5) is 88.8. The molecule has 3 amide bonds. The first kappa shape index (κ1) is 66.7. The highest BCUT2D eigenvalue weighted by molar-refractivity contribution is 8.76. The van der Waals surface area contributed by atoms with Gasteiger partial charge in [0.1, 0.15) is 13.0 Å². The van der Waals surface area contributed by atoms with Crippen molar-refractivity contribution < 1.29 is 59.1 Å². The minimum absolute atomic E-state index is 0.00836. The minimum Gasteiger partial charge on any atom is -0.396 e. The molecule has 0 bridgehead atoms. The van der Waals surface area contributed by atoms with Crippen LogP contribution in [0.4, 0.5) is 0 Å². The molecule has 14 N–H and O–H groups in total. The van der Waals surface area contributed by atoms with Crippen LogP contribution in [0, 0.1) is 29.6 Å². The number of aliphatic hydroxyl groups is 5. The number of carbonyl (C=O) groups excluding carboxylic acids is 7. The summed E-state index contributed by atoms with van der Waals surface area (Å²) >= 11 is 0. The third-order valence-electron chi connectivity index (χ3n) is 10.5. The van der Waals surface area contributed by atoms with Gasteiger partial charge in [0, 0.05) is 63.5 Å². The highest BCUT2D eigenvalue weighted by Crippen LogP contribution is 2.18. The van der Waals surface area contributed by atoms with E-state index in [0.29, 0.717) is 19.1 Å². The van der Waals surface area contributed by atoms with Gasteiger partial charge >= 0.3 is 0 Å². The summed E-state index contributed by atoms with van der Waals surface area (Å²) in [6.45, 7) is 5.91. The minimum atomic E-state index is -0.907. The van der Waals surface area contributed by atoms with Crippen LogP contribution in [0.5, 0.6) is 0 Å². The van der Waals surface area contributed by atoms with E-state index in [0.717, 1.165) is 5.56 Å². The second kappa shape index (κ2) is 42.5. The maximum Gasteiger partial charge on any atom is 0.225 e. The van der Waals surface area contributed by atoms with Crippen molar-refractivity contribution in [2.45, 2.75) is 110 Å². The zero-order chi connectivity index (χ0) is 51.9. The molecule has 1 aromatic rings. The molecule has 0 spiro atoms. The van der Waals surface area contributed by atoms with Crippen molar-refractivity contribution in [1.82, 2.24) is 37.2 Å². The van der Waals surface area contributed by atoms with Crippen LogP contribution in [0.2, 0.25) is 0 Å². The Labute approximate surface area is 411 Å². The molecule has 68 heavy (non-hydrogen) atoms. The molecule has 0 heterocycles. The molecule has 22 heteroatoms. The number of amides is 3. The molecule has 7 atom stereocenters. The van der Waals surface area contributed by atoms with Crippen LogP contribution in [0.25, 0.3) is 0 Å². The first-order chi connectivity index (χ1) is 32.5. The Morgan fingerprint density at radius 2 is 1.01 bits per heavy atom. The lowest BCUT2D eigenvalue weighted by Crippen LogP contribution is -2.49. The van der Waals surface area contributed by atoms with Crippen LogP contribution >= 0.6 is 21.6 Å². The average Bonchev–Trinajstić information content (AvgIpc) is 3.31. The van der Waals surface area contributed by atoms with Crippen LogP contribution in [0.15, 0.2) is 30.3 Å². The standard InChI is InChI=1S/C40H69N7O10.C4H9NO2.C2H6S2/c1-26(2)16-32(42-22-41)35(52)19-29(10-13-48)38(55)45-23-43-33(17-27(3)4)36(53)20-30(11-14-49)39(56)46-24-44-34(18-28-8-6-5-7-9-28)37(54)21-31(12-15-50)40(57)47-25-51;1-5-4(2-6)3-7;1-3-4-2/h5-9,26-27,29-34,42-44,48-51H,10-25,41H2,1-4H3,(H,45,55)(H,46,56)(H,47,57);2,4-5,7H,3H2,1H3;1-2H3/t29-,30-,31-,32+,33+,34+;4-;/m11./s1. The maximum atomic E-state index is 13.6. The molecule has 0 aliphatic rings. The number of aliphatic hydroxyl groups excluding tert-OH is 5. The number of carbonyl (C=O) groups is 7. The number of hydrogen-bond donors (Lipinski definition) is 13. The van der Waals surface area contributed by atoms with Crippen molar-refractivity contribution in [1.29, 1.82) is 0 Å². The van der Waals surface area contributed by atoms with E-state index in [4.69, 9.17) is 15.9 Å². The van der Waals surface area contributed by atoms with Gasteiger partial charge in [-0.1, -0.05) is 79.6 Å². The second-order valence-electron chi connectivity index (χ2n) is 16.7. The Kier molecular flexibility index (Phi) is 41.7. The van der Waals surface area contributed by atoms with Crippen LogP contribution in [-0.2, 0) is 40.0 Å². The Hall–Kier alpha value is -3.39. The SMILES string of the molecule is CC(C)C[C@H](NCN)C(=O)C[C@@H](CCO)C(=O)NCN[C@@H](CC(C)C)C(=O)C[C@@H](CCO)C(=O)NCN[C@@H](Cc1ccccc1)C(=O)C[C@@H](CCO)C(=O)NCO.CN[C@H](C=O)CO.CSSC. The lowest BCUT2D eigenvalue weighted by Gasteiger charge is -2.24. The molecular formula is C46H84N8O12S2. The Balaban J connectivity index is 0. The Bertz CT molecular complexity index is 1530. The van der Waals surface area contributed by atoms with Gasteiger partial charge in [0.05, 0.1) is 44.1 Å². The van der Waals surface area contributed by atoms with E-state index in [1.54, 1.807) is 28.6 Å². The van der Waals surface area contributed by atoms with Crippen molar-refractivity contribution in [2.75, 3.05) is 72.7 Å². The molecule has 1 aromatic carbocycles. The number of ketones is 3. The summed E-state index contributed by atoms with van der Waals surface area (Å²) in [5.74, 6) is -4.67. The van der Waals surface area contributed by atoms with Crippen LogP contribution in [-0.4, -0.2) is 164 Å². The number of nitrogens with two attached hydrogens (primary N) is 1. The average molecular weight is 1010 g/mol. The molecule has 0 aliphatic heterocycles. The van der Waals surface area contributed by atoms with E-state index >= 15 is 0 Å². The Morgan fingerprint density at radius 3 is 1.34 bits per heavy atom. The topological polar surface area (TPSA) is 331 Å². The predicted octanol–water partition coefficient (Wildman–Crippen LogP) is -0.408. The van der Waals surface area contributed by atoms with E-state index in [-0.39, 0.29) is 127 Å². The smallest absolute Gasteiger partial charge is 0.225 e. The van der Waals surface area contributed by atoms with Crippen molar-refractivity contribution >= 4 is 62.9 Å². The zero-order valence-electron chi connectivity index (χ0n) is 41.2. The van der Waals surface area contributed by atoms with Gasteiger partial charge in [-0.2, -0.15) is 0 Å². The molecular weight excluding hydrogens is 921 g/mol. The van der Waals surface area contributed by atoms with Gasteiger partial charge < -0.3 is 57.3 Å². The van der Waals surface area contributed by atoms with Crippen molar-refractivity contribution in [2.24, 2.45) is 35.3 Å². The number of benzene rings is 1. The number of hydrogen-bond acceptors (Lipinski definition) is 19. The molecule has 0 radical (unpaired) electrons. The summed E-state index contributed by atoms with van der Waals surface area (Å²) in [7, 11) is 5.17. The van der Waals surface area contributed by atoms with E-state index in [1.165, 1.54) is 0 Å². The fourth-order valence-corrected chi connectivity index (χ4v) is 6.73. The quantitative estimate of drug-likeness (QED) is 0.0229. The van der Waals surface area contributed by atoms with Gasteiger partial charge in [0.2, 0.25) is 17.7 Å². The lowest BCUT2D eigenvalue weighted by molar-refractivity contribution is -0.132. The van der Waals surface area contributed by atoms with E-state index < -0.39 is 60.3 Å². The number of likely N-dealkylation sites (N-methyl/N-ethyl adjacent to an activating group) is 1. The molecule has 20 nitrogen and oxygen atoms in total. The normalized spacial score (nSPS) is 14.1. The first-order valence-corrected chi connectivity index (χ1v) is 26.0. The van der Waals surface area contributed by atoms with Crippen LogP contribution in [0.3, 0.4) is 0 Å². The number of rotatable bonds is 37. The summed E-state index contributed by atoms with van der Waals surface area (Å²) in [6.07, 6.45) is 5.51. The molecule has 392 valence electrons. The molecule has 0 saturated carbocycles. The van der Waals surface area contributed by atoms with Crippen LogP contribution in [0.1, 0.15) is 84.6 Å². The van der Waals surface area contributed by atoms with E-state index in [9.17, 15) is 48.9 Å². The van der Waals surface area contributed by atoms with Gasteiger partial charge in [-0.3, -0.25) is 44.7 Å². The summed E-state index contributed by atoms with van der Waals surface area (Å²) < 4.78 is 0.